The maximum Gasteiger partial charge on any atom is 0.270 e. The first-order chi connectivity index (χ1) is 12.5. The molecule has 0 unspecified atom stereocenters. The number of nitrogens with zero attached hydrogens (tertiary/aromatic N) is 3. The first kappa shape index (κ1) is 17.0. The molecule has 0 aliphatic carbocycles. The minimum absolute atomic E-state index is 0.0965. The Morgan fingerprint density at radius 2 is 1.92 bits per heavy atom. The van der Waals surface area contributed by atoms with Gasteiger partial charge in [0, 0.05) is 13.1 Å². The Balaban J connectivity index is 1.76. The third-order valence-corrected chi connectivity index (χ3v) is 5.78. The summed E-state index contributed by atoms with van der Waals surface area (Å²) < 4.78 is 2.54. The van der Waals surface area contributed by atoms with Crippen LogP contribution in [0.2, 0.25) is 0 Å². The normalized spacial score (nSPS) is 16.3. The topological polar surface area (TPSA) is 38.1 Å². The first-order valence-corrected chi connectivity index (χ1v) is 9.45. The number of hydrogen-bond acceptors (Lipinski definition) is 4. The molecule has 0 N–H and O–H groups in total. The van der Waals surface area contributed by atoms with Gasteiger partial charge in [0.2, 0.25) is 0 Å². The zero-order valence-corrected chi connectivity index (χ0v) is 16.3. The SMILES string of the molecule is Cc1ccc(C)c(N2C(=O)/C(=C\c3nc4ccccc4n3C)SC2=S)c1. The van der Waals surface area contributed by atoms with Crippen LogP contribution >= 0.6 is 24.0 Å². The highest BCUT2D eigenvalue weighted by Crippen LogP contribution is 2.37. The molecule has 1 amide bonds. The average Bonchev–Trinajstić information content (AvgIpc) is 3.08. The maximum atomic E-state index is 13.0. The van der Waals surface area contributed by atoms with Crippen LogP contribution < -0.4 is 4.90 Å². The van der Waals surface area contributed by atoms with E-state index in [9.17, 15) is 4.79 Å². The monoisotopic (exact) mass is 379 g/mol. The van der Waals surface area contributed by atoms with E-state index in [-0.39, 0.29) is 5.91 Å². The summed E-state index contributed by atoms with van der Waals surface area (Å²) in [5.74, 6) is 0.647. The fraction of sp³-hybridized carbons (Fsp3) is 0.150. The van der Waals surface area contributed by atoms with Crippen LogP contribution in [-0.2, 0) is 11.8 Å². The molecule has 1 fully saturated rings. The fourth-order valence-electron chi connectivity index (χ4n) is 3.05. The van der Waals surface area contributed by atoms with E-state index in [1.807, 2.05) is 74.0 Å². The van der Waals surface area contributed by atoms with E-state index >= 15 is 0 Å². The number of carbonyl (C=O) groups is 1. The maximum absolute atomic E-state index is 13.0. The van der Waals surface area contributed by atoms with Crippen LogP contribution in [0.25, 0.3) is 17.1 Å². The van der Waals surface area contributed by atoms with Gasteiger partial charge in [-0.3, -0.25) is 9.69 Å². The molecule has 1 aromatic heterocycles. The van der Waals surface area contributed by atoms with E-state index in [4.69, 9.17) is 12.2 Å². The molecule has 1 aliphatic rings. The zero-order chi connectivity index (χ0) is 18.4. The highest BCUT2D eigenvalue weighted by molar-refractivity contribution is 8.27. The number of imidazole rings is 1. The molecule has 4 nitrogen and oxygen atoms in total. The molecule has 26 heavy (non-hydrogen) atoms. The lowest BCUT2D eigenvalue weighted by Gasteiger charge is -2.17. The van der Waals surface area contributed by atoms with Crippen molar-refractivity contribution in [1.29, 1.82) is 0 Å². The zero-order valence-electron chi connectivity index (χ0n) is 14.7. The van der Waals surface area contributed by atoms with Crippen molar-refractivity contribution in [3.05, 3.63) is 64.3 Å². The van der Waals surface area contributed by atoms with Gasteiger partial charge in [-0.05, 0) is 43.2 Å². The van der Waals surface area contributed by atoms with Crippen molar-refractivity contribution in [3.8, 4) is 0 Å². The molecular weight excluding hydrogens is 362 g/mol. The summed E-state index contributed by atoms with van der Waals surface area (Å²) in [4.78, 5) is 19.9. The molecule has 2 heterocycles. The molecular formula is C20H17N3OS2. The van der Waals surface area contributed by atoms with E-state index < -0.39 is 0 Å². The Kier molecular flexibility index (Phi) is 4.17. The number of anilines is 1. The van der Waals surface area contributed by atoms with Gasteiger partial charge < -0.3 is 4.57 Å². The second kappa shape index (κ2) is 6.37. The van der Waals surface area contributed by atoms with Gasteiger partial charge in [0.1, 0.15) is 5.82 Å². The van der Waals surface area contributed by atoms with Crippen molar-refractivity contribution in [2.45, 2.75) is 13.8 Å². The number of para-hydroxylation sites is 2. The van der Waals surface area contributed by atoms with Crippen LogP contribution in [0.15, 0.2) is 47.4 Å². The molecule has 0 bridgehead atoms. The highest BCUT2D eigenvalue weighted by atomic mass is 32.2. The summed E-state index contributed by atoms with van der Waals surface area (Å²) in [6.45, 7) is 4.00. The van der Waals surface area contributed by atoms with Crippen molar-refractivity contribution < 1.29 is 4.79 Å². The number of thiocarbonyl (C=S) groups is 1. The Labute approximate surface area is 161 Å². The van der Waals surface area contributed by atoms with Crippen molar-refractivity contribution in [1.82, 2.24) is 9.55 Å². The number of aromatic nitrogens is 2. The van der Waals surface area contributed by atoms with Crippen LogP contribution in [0, 0.1) is 13.8 Å². The lowest BCUT2D eigenvalue weighted by atomic mass is 10.1. The minimum atomic E-state index is -0.0965. The van der Waals surface area contributed by atoms with E-state index in [1.165, 1.54) is 11.8 Å². The molecule has 2 aromatic carbocycles. The Bertz CT molecular complexity index is 1100. The summed E-state index contributed by atoms with van der Waals surface area (Å²) in [6, 6.07) is 14.0. The number of carbonyl (C=O) groups excluding carboxylic acids is 1. The second-order valence-corrected chi connectivity index (χ2v) is 8.00. The number of benzene rings is 2. The van der Waals surface area contributed by atoms with Crippen LogP contribution in [0.4, 0.5) is 5.69 Å². The number of amides is 1. The molecule has 130 valence electrons. The number of hydrogen-bond donors (Lipinski definition) is 0. The summed E-state index contributed by atoms with van der Waals surface area (Å²) in [6.07, 6.45) is 1.82. The van der Waals surface area contributed by atoms with Gasteiger partial charge in [0.25, 0.3) is 5.91 Å². The third-order valence-electron chi connectivity index (χ3n) is 4.48. The number of rotatable bonds is 2. The lowest BCUT2D eigenvalue weighted by Crippen LogP contribution is -2.28. The largest absolute Gasteiger partial charge is 0.328 e. The molecule has 4 rings (SSSR count). The summed E-state index contributed by atoms with van der Waals surface area (Å²) in [5, 5.41) is 0. The van der Waals surface area contributed by atoms with Gasteiger partial charge in [-0.15, -0.1) is 0 Å². The van der Waals surface area contributed by atoms with Gasteiger partial charge in [0.05, 0.1) is 21.6 Å². The molecule has 0 radical (unpaired) electrons. The number of thioether (sulfide) groups is 1. The molecule has 6 heteroatoms. The van der Waals surface area contributed by atoms with Gasteiger partial charge >= 0.3 is 0 Å². The predicted molar refractivity (Wildman–Crippen MR) is 112 cm³/mol. The quantitative estimate of drug-likeness (QED) is 0.482. The smallest absolute Gasteiger partial charge is 0.270 e. The van der Waals surface area contributed by atoms with Crippen LogP contribution in [0.1, 0.15) is 17.0 Å². The number of fused-ring (bicyclic) bond motifs is 1. The average molecular weight is 380 g/mol. The van der Waals surface area contributed by atoms with Gasteiger partial charge in [-0.25, -0.2) is 4.98 Å². The predicted octanol–water partition coefficient (Wildman–Crippen LogP) is 4.60. The Hall–Kier alpha value is -2.44. The second-order valence-electron chi connectivity index (χ2n) is 6.32. The first-order valence-electron chi connectivity index (χ1n) is 8.22. The standard InChI is InChI=1S/C20H17N3OS2/c1-12-8-9-13(2)16(10-12)23-19(24)17(26-20(23)25)11-18-21-14-6-4-5-7-15(14)22(18)3/h4-11H,1-3H3/b17-11+. The highest BCUT2D eigenvalue weighted by Gasteiger charge is 2.34. The molecule has 3 aromatic rings. The van der Waals surface area contributed by atoms with E-state index in [1.54, 1.807) is 4.90 Å². The third kappa shape index (κ3) is 2.75. The van der Waals surface area contributed by atoms with Crippen molar-refractivity contribution in [2.75, 3.05) is 4.90 Å². The van der Waals surface area contributed by atoms with Crippen LogP contribution in [0.5, 0.6) is 0 Å². The van der Waals surface area contributed by atoms with Gasteiger partial charge in [0.15, 0.2) is 4.32 Å². The molecule has 1 aliphatic heterocycles. The fourth-order valence-corrected chi connectivity index (χ4v) is 4.30. The minimum Gasteiger partial charge on any atom is -0.328 e. The number of aryl methyl sites for hydroxylation is 3. The van der Waals surface area contributed by atoms with Crippen LogP contribution in [0.3, 0.4) is 0 Å². The Morgan fingerprint density at radius 3 is 2.69 bits per heavy atom. The molecule has 0 atom stereocenters. The molecule has 1 saturated heterocycles. The van der Waals surface area contributed by atoms with Crippen molar-refractivity contribution >= 4 is 57.0 Å². The summed E-state index contributed by atoms with van der Waals surface area (Å²) in [5.41, 5.74) is 4.91. The van der Waals surface area contributed by atoms with Crippen molar-refractivity contribution in [2.24, 2.45) is 7.05 Å². The van der Waals surface area contributed by atoms with Gasteiger partial charge in [-0.2, -0.15) is 0 Å². The van der Waals surface area contributed by atoms with Crippen LogP contribution in [-0.4, -0.2) is 19.8 Å². The van der Waals surface area contributed by atoms with Crippen molar-refractivity contribution in [3.63, 3.8) is 0 Å². The Morgan fingerprint density at radius 1 is 1.15 bits per heavy atom. The van der Waals surface area contributed by atoms with Gasteiger partial charge in [-0.1, -0.05) is 48.2 Å². The molecule has 0 saturated carbocycles. The summed E-state index contributed by atoms with van der Waals surface area (Å²) in [7, 11) is 1.95. The van der Waals surface area contributed by atoms with E-state index in [0.29, 0.717) is 9.23 Å². The summed E-state index contributed by atoms with van der Waals surface area (Å²) >= 11 is 6.81. The lowest BCUT2D eigenvalue weighted by molar-refractivity contribution is -0.113. The molecule has 0 spiro atoms. The van der Waals surface area contributed by atoms with E-state index in [0.717, 1.165) is 33.7 Å². The van der Waals surface area contributed by atoms with E-state index in [2.05, 4.69) is 4.98 Å².